The van der Waals surface area contributed by atoms with Crippen LogP contribution in [0.4, 0.5) is 5.69 Å². The highest BCUT2D eigenvalue weighted by Gasteiger charge is 2.29. The molecule has 0 N–H and O–H groups in total. The summed E-state index contributed by atoms with van der Waals surface area (Å²) in [6.07, 6.45) is 0. The number of sulfonamides is 1. The fourth-order valence-electron chi connectivity index (χ4n) is 2.72. The zero-order chi connectivity index (χ0) is 19.3. The summed E-state index contributed by atoms with van der Waals surface area (Å²) in [6, 6.07) is 13.1. The van der Waals surface area contributed by atoms with Crippen LogP contribution < -0.4 is 4.31 Å². The summed E-state index contributed by atoms with van der Waals surface area (Å²) in [4.78, 5) is 14.4. The van der Waals surface area contributed by atoms with Crippen molar-refractivity contribution in [2.24, 2.45) is 0 Å². The Bertz CT molecular complexity index is 866. The molecule has 0 fully saturated rings. The number of hydrogen-bond donors (Lipinski definition) is 0. The number of halogens is 1. The Morgan fingerprint density at radius 1 is 1.04 bits per heavy atom. The fraction of sp³-hybridized carbons (Fsp3) is 0.316. The van der Waals surface area contributed by atoms with Crippen LogP contribution in [0.1, 0.15) is 19.4 Å². The maximum absolute atomic E-state index is 13.2. The van der Waals surface area contributed by atoms with Gasteiger partial charge in [-0.1, -0.05) is 29.8 Å². The molecule has 0 saturated heterocycles. The zero-order valence-corrected chi connectivity index (χ0v) is 16.7. The number of aryl methyl sites for hydroxylation is 1. The Balaban J connectivity index is 2.53. The molecule has 0 atom stereocenters. The Kier molecular flexibility index (Phi) is 6.67. The van der Waals surface area contributed by atoms with Crippen LogP contribution in [-0.4, -0.2) is 38.9 Å². The molecular weight excluding hydrogens is 372 g/mol. The van der Waals surface area contributed by atoms with E-state index in [1.54, 1.807) is 48.2 Å². The van der Waals surface area contributed by atoms with E-state index < -0.39 is 10.0 Å². The van der Waals surface area contributed by atoms with Crippen LogP contribution in [0.3, 0.4) is 0 Å². The maximum Gasteiger partial charge on any atom is 0.264 e. The first-order chi connectivity index (χ1) is 12.3. The number of likely N-dealkylation sites (N-methyl/N-ethyl adjacent to an activating group) is 1. The smallest absolute Gasteiger partial charge is 0.264 e. The SMILES string of the molecule is CCN(CC)C(=O)CN(c1ccc(Cl)cc1C)S(=O)(=O)c1ccccc1. The van der Waals surface area contributed by atoms with Crippen molar-refractivity contribution in [1.82, 2.24) is 4.90 Å². The first kappa shape index (κ1) is 20.3. The lowest BCUT2D eigenvalue weighted by Crippen LogP contribution is -2.43. The number of anilines is 1. The van der Waals surface area contributed by atoms with Crippen molar-refractivity contribution in [3.05, 3.63) is 59.1 Å². The Morgan fingerprint density at radius 2 is 1.65 bits per heavy atom. The van der Waals surface area contributed by atoms with Gasteiger partial charge in [0.15, 0.2) is 0 Å². The molecule has 0 aromatic heterocycles. The van der Waals surface area contributed by atoms with E-state index in [1.807, 2.05) is 13.8 Å². The molecule has 26 heavy (non-hydrogen) atoms. The summed E-state index contributed by atoms with van der Waals surface area (Å²) < 4.78 is 27.6. The van der Waals surface area contributed by atoms with Crippen LogP contribution in [0.5, 0.6) is 0 Å². The summed E-state index contributed by atoms with van der Waals surface area (Å²) >= 11 is 6.01. The molecule has 0 spiro atoms. The molecule has 7 heteroatoms. The molecule has 5 nitrogen and oxygen atoms in total. The van der Waals surface area contributed by atoms with Crippen LogP contribution in [0.15, 0.2) is 53.4 Å². The Morgan fingerprint density at radius 3 is 2.19 bits per heavy atom. The van der Waals surface area contributed by atoms with E-state index in [-0.39, 0.29) is 17.3 Å². The number of amides is 1. The van der Waals surface area contributed by atoms with Crippen molar-refractivity contribution in [3.63, 3.8) is 0 Å². The van der Waals surface area contributed by atoms with Crippen molar-refractivity contribution in [2.75, 3.05) is 23.9 Å². The van der Waals surface area contributed by atoms with Crippen LogP contribution in [-0.2, 0) is 14.8 Å². The number of carbonyl (C=O) groups excluding carboxylic acids is 1. The lowest BCUT2D eigenvalue weighted by atomic mass is 10.2. The van der Waals surface area contributed by atoms with Crippen molar-refractivity contribution in [3.8, 4) is 0 Å². The van der Waals surface area contributed by atoms with Crippen LogP contribution in [0.2, 0.25) is 5.02 Å². The number of nitrogens with zero attached hydrogens (tertiary/aromatic N) is 2. The average Bonchev–Trinajstić information content (AvgIpc) is 2.62. The summed E-state index contributed by atoms with van der Waals surface area (Å²) in [7, 11) is -3.89. The topological polar surface area (TPSA) is 57.7 Å². The third kappa shape index (κ3) is 4.37. The van der Waals surface area contributed by atoms with Gasteiger partial charge in [0, 0.05) is 18.1 Å². The van der Waals surface area contributed by atoms with Gasteiger partial charge in [0.1, 0.15) is 6.54 Å². The number of hydrogen-bond acceptors (Lipinski definition) is 3. The molecule has 0 heterocycles. The number of benzene rings is 2. The minimum atomic E-state index is -3.89. The monoisotopic (exact) mass is 394 g/mol. The summed E-state index contributed by atoms with van der Waals surface area (Å²) in [5, 5.41) is 0.512. The molecular formula is C19H23ClN2O3S. The molecule has 0 saturated carbocycles. The van der Waals surface area contributed by atoms with Gasteiger partial charge in [-0.3, -0.25) is 9.10 Å². The fourth-order valence-corrected chi connectivity index (χ4v) is 4.44. The first-order valence-electron chi connectivity index (χ1n) is 8.43. The minimum absolute atomic E-state index is 0.140. The van der Waals surface area contributed by atoms with E-state index in [2.05, 4.69) is 0 Å². The van der Waals surface area contributed by atoms with Gasteiger partial charge in [0.05, 0.1) is 10.6 Å². The first-order valence-corrected chi connectivity index (χ1v) is 10.2. The predicted octanol–water partition coefficient (Wildman–Crippen LogP) is 3.71. The van der Waals surface area contributed by atoms with Crippen LogP contribution >= 0.6 is 11.6 Å². The zero-order valence-electron chi connectivity index (χ0n) is 15.1. The van der Waals surface area contributed by atoms with Gasteiger partial charge in [0.2, 0.25) is 5.91 Å². The van der Waals surface area contributed by atoms with E-state index in [0.29, 0.717) is 29.4 Å². The van der Waals surface area contributed by atoms with Gasteiger partial charge < -0.3 is 4.90 Å². The second-order valence-corrected chi connectivity index (χ2v) is 8.12. The molecule has 140 valence electrons. The maximum atomic E-state index is 13.2. The summed E-state index contributed by atoms with van der Waals surface area (Å²) in [5.74, 6) is -0.246. The normalized spacial score (nSPS) is 11.2. The molecule has 0 bridgehead atoms. The van der Waals surface area contributed by atoms with Gasteiger partial charge in [-0.25, -0.2) is 8.42 Å². The molecule has 0 aliphatic rings. The quantitative estimate of drug-likeness (QED) is 0.719. The van der Waals surface area contributed by atoms with Crippen molar-refractivity contribution >= 4 is 33.2 Å². The third-order valence-corrected chi connectivity index (χ3v) is 6.16. The van der Waals surface area contributed by atoms with Crippen LogP contribution in [0, 0.1) is 6.92 Å². The molecule has 2 aromatic rings. The lowest BCUT2D eigenvalue weighted by Gasteiger charge is -2.28. The van der Waals surface area contributed by atoms with Gasteiger partial charge in [-0.15, -0.1) is 0 Å². The van der Waals surface area contributed by atoms with E-state index in [1.165, 1.54) is 12.1 Å². The molecule has 0 unspecified atom stereocenters. The summed E-state index contributed by atoms with van der Waals surface area (Å²) in [5.41, 5.74) is 1.13. The van der Waals surface area contributed by atoms with Crippen molar-refractivity contribution in [2.45, 2.75) is 25.7 Å². The molecule has 0 radical (unpaired) electrons. The van der Waals surface area contributed by atoms with Crippen molar-refractivity contribution < 1.29 is 13.2 Å². The Labute approximate surface area is 160 Å². The largest absolute Gasteiger partial charge is 0.342 e. The van der Waals surface area contributed by atoms with E-state index in [4.69, 9.17) is 11.6 Å². The summed E-state index contributed by atoms with van der Waals surface area (Å²) in [6.45, 7) is 6.29. The lowest BCUT2D eigenvalue weighted by molar-refractivity contribution is -0.129. The minimum Gasteiger partial charge on any atom is -0.342 e. The van der Waals surface area contributed by atoms with E-state index >= 15 is 0 Å². The predicted molar refractivity (Wildman–Crippen MR) is 105 cm³/mol. The second kappa shape index (κ2) is 8.56. The number of carbonyl (C=O) groups is 1. The Hall–Kier alpha value is -2.05. The highest BCUT2D eigenvalue weighted by molar-refractivity contribution is 7.92. The highest BCUT2D eigenvalue weighted by atomic mass is 35.5. The van der Waals surface area contributed by atoms with Gasteiger partial charge in [-0.05, 0) is 56.7 Å². The van der Waals surface area contributed by atoms with Crippen molar-refractivity contribution in [1.29, 1.82) is 0 Å². The number of rotatable bonds is 7. The van der Waals surface area contributed by atoms with E-state index in [0.717, 1.165) is 4.31 Å². The van der Waals surface area contributed by atoms with Crippen LogP contribution in [0.25, 0.3) is 0 Å². The molecule has 0 aliphatic heterocycles. The molecule has 0 aliphatic carbocycles. The highest BCUT2D eigenvalue weighted by Crippen LogP contribution is 2.29. The standard InChI is InChI=1S/C19H23ClN2O3S/c1-4-21(5-2)19(23)14-22(18-12-11-16(20)13-15(18)3)26(24,25)17-9-7-6-8-10-17/h6-13H,4-5,14H2,1-3H3. The molecule has 2 aromatic carbocycles. The van der Waals surface area contributed by atoms with Gasteiger partial charge >= 0.3 is 0 Å². The molecule has 2 rings (SSSR count). The third-order valence-electron chi connectivity index (χ3n) is 4.15. The second-order valence-electron chi connectivity index (χ2n) is 5.82. The average molecular weight is 395 g/mol. The van der Waals surface area contributed by atoms with E-state index in [9.17, 15) is 13.2 Å². The van der Waals surface area contributed by atoms with Gasteiger partial charge in [0.25, 0.3) is 10.0 Å². The molecule has 1 amide bonds. The van der Waals surface area contributed by atoms with Gasteiger partial charge in [-0.2, -0.15) is 0 Å².